The van der Waals surface area contributed by atoms with E-state index in [4.69, 9.17) is 14.0 Å². The van der Waals surface area contributed by atoms with Gasteiger partial charge in [-0.1, -0.05) is 48.5 Å². The summed E-state index contributed by atoms with van der Waals surface area (Å²) in [5.74, 6) is -0.0728. The molecule has 9 heteroatoms. The molecule has 3 rings (SSSR count). The van der Waals surface area contributed by atoms with Crippen LogP contribution in [0.25, 0.3) is 0 Å². The number of amides is 1. The van der Waals surface area contributed by atoms with E-state index in [1.165, 1.54) is 0 Å². The molecular weight excluding hydrogens is 431 g/mol. The van der Waals surface area contributed by atoms with E-state index in [0.29, 0.717) is 5.75 Å². The number of ether oxygens (including phenoxy) is 2. The molecule has 2 aromatic rings. The second-order valence-corrected chi connectivity index (χ2v) is 9.87. The van der Waals surface area contributed by atoms with Crippen molar-refractivity contribution in [2.45, 2.75) is 44.9 Å². The summed E-state index contributed by atoms with van der Waals surface area (Å²) in [5, 5.41) is 5.37. The van der Waals surface area contributed by atoms with E-state index < -0.39 is 25.6 Å². The van der Waals surface area contributed by atoms with E-state index >= 15 is 0 Å². The fraction of sp³-hybridized carbons (Fsp3) is 0.391. The Balaban J connectivity index is 1.53. The standard InChI is InChI=1S/C23H29N2O6P/c1-18(22(26)30-20-13-8-14-20)25-32(28,31-21-11-6-3-7-12-21)16-15-24-23(27)29-17-19-9-4-2-5-10-19/h2-7,9-12,18,20H,8,13-17H2,1H3,(H,24,27)(H,25,28). The highest BCUT2D eigenvalue weighted by Gasteiger charge is 2.32. The molecule has 1 saturated carbocycles. The lowest BCUT2D eigenvalue weighted by Crippen LogP contribution is -2.39. The second-order valence-electron chi connectivity index (χ2n) is 7.63. The van der Waals surface area contributed by atoms with Crippen LogP contribution in [-0.2, 0) is 25.4 Å². The van der Waals surface area contributed by atoms with Crippen LogP contribution >= 0.6 is 7.52 Å². The summed E-state index contributed by atoms with van der Waals surface area (Å²) in [7, 11) is -3.54. The number of esters is 1. The molecule has 1 fully saturated rings. The van der Waals surface area contributed by atoms with Gasteiger partial charge in [-0.05, 0) is 43.9 Å². The summed E-state index contributed by atoms with van der Waals surface area (Å²) in [5.41, 5.74) is 0.862. The first-order valence-electron chi connectivity index (χ1n) is 10.7. The van der Waals surface area contributed by atoms with Gasteiger partial charge in [0.2, 0.25) is 0 Å². The SMILES string of the molecule is CC(NP(=O)(CCNC(=O)OCc1ccccc1)Oc1ccccc1)C(=O)OC1CCC1. The molecule has 1 aliphatic rings. The van der Waals surface area contributed by atoms with Gasteiger partial charge in [-0.2, -0.15) is 0 Å². The maximum Gasteiger partial charge on any atom is 0.407 e. The van der Waals surface area contributed by atoms with Gasteiger partial charge in [-0.15, -0.1) is 0 Å². The molecular formula is C23H29N2O6P. The minimum absolute atomic E-state index is 0.0368. The average molecular weight is 460 g/mol. The summed E-state index contributed by atoms with van der Waals surface area (Å²) < 4.78 is 29.8. The highest BCUT2D eigenvalue weighted by Crippen LogP contribution is 2.43. The van der Waals surface area contributed by atoms with E-state index in [1.54, 1.807) is 31.2 Å². The van der Waals surface area contributed by atoms with Crippen LogP contribution in [-0.4, -0.2) is 36.9 Å². The molecule has 0 heterocycles. The zero-order valence-electron chi connectivity index (χ0n) is 18.1. The predicted molar refractivity (Wildman–Crippen MR) is 121 cm³/mol. The summed E-state index contributed by atoms with van der Waals surface area (Å²) in [4.78, 5) is 24.3. The Bertz CT molecular complexity index is 921. The van der Waals surface area contributed by atoms with Crippen LogP contribution in [0.15, 0.2) is 60.7 Å². The predicted octanol–water partition coefficient (Wildman–Crippen LogP) is 4.26. The van der Waals surface area contributed by atoms with Crippen LogP contribution in [0.2, 0.25) is 0 Å². The fourth-order valence-electron chi connectivity index (χ4n) is 2.97. The number of hydrogen-bond acceptors (Lipinski definition) is 6. The van der Waals surface area contributed by atoms with Gasteiger partial charge in [0.25, 0.3) is 0 Å². The molecule has 172 valence electrons. The number of para-hydroxylation sites is 1. The number of hydrogen-bond donors (Lipinski definition) is 2. The van der Waals surface area contributed by atoms with Crippen LogP contribution in [0.4, 0.5) is 4.79 Å². The zero-order chi connectivity index (χ0) is 22.8. The molecule has 1 aliphatic carbocycles. The van der Waals surface area contributed by atoms with Crippen molar-refractivity contribution in [2.75, 3.05) is 12.7 Å². The largest absolute Gasteiger partial charge is 0.461 e. The third kappa shape index (κ3) is 7.70. The number of nitrogens with one attached hydrogen (secondary N) is 2. The van der Waals surface area contributed by atoms with Crippen molar-refractivity contribution in [1.29, 1.82) is 0 Å². The van der Waals surface area contributed by atoms with Crippen molar-refractivity contribution >= 4 is 19.6 Å². The van der Waals surface area contributed by atoms with E-state index in [9.17, 15) is 14.2 Å². The molecule has 0 saturated heterocycles. The lowest BCUT2D eigenvalue weighted by atomic mass is 9.96. The molecule has 8 nitrogen and oxygen atoms in total. The van der Waals surface area contributed by atoms with Crippen LogP contribution in [0.3, 0.4) is 0 Å². The molecule has 0 bridgehead atoms. The van der Waals surface area contributed by atoms with Crippen molar-refractivity contribution in [2.24, 2.45) is 0 Å². The molecule has 2 unspecified atom stereocenters. The van der Waals surface area contributed by atoms with E-state index in [2.05, 4.69) is 10.4 Å². The van der Waals surface area contributed by atoms with E-state index in [-0.39, 0.29) is 25.4 Å². The first-order valence-corrected chi connectivity index (χ1v) is 12.5. The summed E-state index contributed by atoms with van der Waals surface area (Å²) in [6.07, 6.45) is 2.02. The Kier molecular flexibility index (Phi) is 8.71. The topological polar surface area (TPSA) is 103 Å². The van der Waals surface area contributed by atoms with Gasteiger partial charge in [0.05, 0.1) is 6.16 Å². The average Bonchev–Trinajstić information content (AvgIpc) is 2.76. The Hall–Kier alpha value is -2.83. The molecule has 0 spiro atoms. The first kappa shape index (κ1) is 23.8. The molecule has 2 N–H and O–H groups in total. The van der Waals surface area contributed by atoms with Crippen LogP contribution in [0.5, 0.6) is 5.75 Å². The van der Waals surface area contributed by atoms with Gasteiger partial charge in [0.1, 0.15) is 24.5 Å². The highest BCUT2D eigenvalue weighted by molar-refractivity contribution is 7.57. The number of carbonyl (C=O) groups excluding carboxylic acids is 2. The van der Waals surface area contributed by atoms with Crippen molar-refractivity contribution in [3.63, 3.8) is 0 Å². The number of benzene rings is 2. The Morgan fingerprint density at radius 3 is 2.34 bits per heavy atom. The molecule has 2 aromatic carbocycles. The fourth-order valence-corrected chi connectivity index (χ4v) is 4.81. The Labute approximate surface area is 188 Å². The monoisotopic (exact) mass is 460 g/mol. The molecule has 2 atom stereocenters. The maximum atomic E-state index is 13.5. The zero-order valence-corrected chi connectivity index (χ0v) is 19.0. The van der Waals surface area contributed by atoms with Gasteiger partial charge in [0, 0.05) is 6.54 Å². The van der Waals surface area contributed by atoms with Gasteiger partial charge >= 0.3 is 19.6 Å². The number of alkyl carbamates (subject to hydrolysis) is 1. The number of rotatable bonds is 11. The van der Waals surface area contributed by atoms with Crippen molar-refractivity contribution < 1.29 is 28.2 Å². The third-order valence-electron chi connectivity index (χ3n) is 4.96. The normalized spacial score (nSPS) is 16.2. The summed E-state index contributed by atoms with van der Waals surface area (Å²) >= 11 is 0. The molecule has 0 radical (unpaired) electrons. The maximum absolute atomic E-state index is 13.5. The Morgan fingerprint density at radius 1 is 1.06 bits per heavy atom. The van der Waals surface area contributed by atoms with Gasteiger partial charge in [0.15, 0.2) is 0 Å². The van der Waals surface area contributed by atoms with Crippen molar-refractivity contribution in [3.8, 4) is 5.75 Å². The van der Waals surface area contributed by atoms with Crippen LogP contribution in [0, 0.1) is 0 Å². The van der Waals surface area contributed by atoms with Crippen LogP contribution < -0.4 is 14.9 Å². The lowest BCUT2D eigenvalue weighted by Gasteiger charge is -2.28. The molecule has 32 heavy (non-hydrogen) atoms. The minimum atomic E-state index is -3.54. The minimum Gasteiger partial charge on any atom is -0.461 e. The van der Waals surface area contributed by atoms with Crippen molar-refractivity contribution in [1.82, 2.24) is 10.4 Å². The van der Waals surface area contributed by atoms with Crippen LogP contribution in [0.1, 0.15) is 31.7 Å². The molecule has 1 amide bonds. The Morgan fingerprint density at radius 2 is 1.72 bits per heavy atom. The molecule has 0 aliphatic heterocycles. The van der Waals surface area contributed by atoms with Gasteiger partial charge < -0.3 is 19.3 Å². The first-order chi connectivity index (χ1) is 15.4. The lowest BCUT2D eigenvalue weighted by molar-refractivity contribution is -0.154. The van der Waals surface area contributed by atoms with Gasteiger partial charge in [-0.25, -0.2) is 9.88 Å². The third-order valence-corrected chi connectivity index (χ3v) is 7.06. The van der Waals surface area contributed by atoms with E-state index in [0.717, 1.165) is 24.8 Å². The van der Waals surface area contributed by atoms with E-state index in [1.807, 2.05) is 36.4 Å². The summed E-state index contributed by atoms with van der Waals surface area (Å²) in [6, 6.07) is 17.1. The van der Waals surface area contributed by atoms with Crippen molar-refractivity contribution in [3.05, 3.63) is 66.2 Å². The summed E-state index contributed by atoms with van der Waals surface area (Å²) in [6.45, 7) is 1.76. The quantitative estimate of drug-likeness (QED) is 0.382. The number of carbonyl (C=O) groups is 2. The second kappa shape index (κ2) is 11.7. The smallest absolute Gasteiger partial charge is 0.407 e. The highest BCUT2D eigenvalue weighted by atomic mass is 31.2. The molecule has 0 aromatic heterocycles. The van der Waals surface area contributed by atoms with Gasteiger partial charge in [-0.3, -0.25) is 9.36 Å².